The molecular weight excluding hydrogens is 330 g/mol. The minimum Gasteiger partial charge on any atom is -0.325 e. The van der Waals surface area contributed by atoms with Crippen molar-refractivity contribution in [1.29, 1.82) is 0 Å². The standard InChI is InChI=1S/C20H21N3OS/c1-14-9-11-15(12-10-14)18-19(23-20(2,3)22-18)25-13-17(24)21-16-7-5-4-6-8-16/h4-12H,13H2,1-3H3,(H,21,24). The Morgan fingerprint density at radius 2 is 1.72 bits per heavy atom. The van der Waals surface area contributed by atoms with Gasteiger partial charge in [-0.25, -0.2) is 4.99 Å². The van der Waals surface area contributed by atoms with Gasteiger partial charge >= 0.3 is 0 Å². The lowest BCUT2D eigenvalue weighted by molar-refractivity contribution is -0.113. The average molecular weight is 351 g/mol. The Hall–Kier alpha value is -2.40. The number of hydrogen-bond acceptors (Lipinski definition) is 4. The molecule has 4 nitrogen and oxygen atoms in total. The molecule has 1 amide bonds. The highest BCUT2D eigenvalue weighted by molar-refractivity contribution is 8.16. The first-order chi connectivity index (χ1) is 11.9. The van der Waals surface area contributed by atoms with E-state index in [1.54, 1.807) is 0 Å². The lowest BCUT2D eigenvalue weighted by atomic mass is 10.1. The number of carbonyl (C=O) groups is 1. The predicted molar refractivity (Wildman–Crippen MR) is 107 cm³/mol. The minimum atomic E-state index is -0.488. The molecule has 0 unspecified atom stereocenters. The second-order valence-corrected chi connectivity index (χ2v) is 7.40. The predicted octanol–water partition coefficient (Wildman–Crippen LogP) is 4.30. The number of carbonyl (C=O) groups excluding carboxylic acids is 1. The van der Waals surface area contributed by atoms with E-state index >= 15 is 0 Å². The molecule has 1 heterocycles. The molecule has 128 valence electrons. The van der Waals surface area contributed by atoms with Crippen LogP contribution in [0, 0.1) is 6.92 Å². The monoisotopic (exact) mass is 351 g/mol. The van der Waals surface area contributed by atoms with E-state index in [1.165, 1.54) is 17.3 Å². The van der Waals surface area contributed by atoms with E-state index in [2.05, 4.69) is 41.5 Å². The molecule has 0 aliphatic carbocycles. The zero-order valence-electron chi connectivity index (χ0n) is 14.6. The molecule has 0 fully saturated rings. The summed E-state index contributed by atoms with van der Waals surface area (Å²) in [7, 11) is 0. The first kappa shape index (κ1) is 17.4. The normalized spacial score (nSPS) is 15.5. The Morgan fingerprint density at radius 1 is 1.04 bits per heavy atom. The van der Waals surface area contributed by atoms with Crippen molar-refractivity contribution in [3.8, 4) is 0 Å². The summed E-state index contributed by atoms with van der Waals surface area (Å²) in [5, 5.41) is 3.71. The highest BCUT2D eigenvalue weighted by Gasteiger charge is 2.28. The molecule has 1 N–H and O–H groups in total. The molecular formula is C20H21N3OS. The second-order valence-electron chi connectivity index (χ2n) is 6.44. The summed E-state index contributed by atoms with van der Waals surface area (Å²) in [6.07, 6.45) is 0. The SMILES string of the molecule is Cc1ccc(C2=NC(C)(C)N=C2SCC(=O)Nc2ccccc2)cc1. The summed E-state index contributed by atoms with van der Waals surface area (Å²) in [4.78, 5) is 21.6. The third-order valence-corrected chi connectivity index (χ3v) is 4.65. The summed E-state index contributed by atoms with van der Waals surface area (Å²) in [6, 6.07) is 17.7. The van der Waals surface area contributed by atoms with Crippen molar-refractivity contribution in [2.45, 2.75) is 26.4 Å². The fourth-order valence-electron chi connectivity index (χ4n) is 2.50. The topological polar surface area (TPSA) is 53.8 Å². The molecule has 3 rings (SSSR count). The molecule has 2 aromatic carbocycles. The van der Waals surface area contributed by atoms with E-state index in [4.69, 9.17) is 4.99 Å². The van der Waals surface area contributed by atoms with Crippen LogP contribution < -0.4 is 5.32 Å². The summed E-state index contributed by atoms with van der Waals surface area (Å²) in [5.41, 5.74) is 3.41. The van der Waals surface area contributed by atoms with Crippen LogP contribution in [0.15, 0.2) is 64.6 Å². The number of benzene rings is 2. The molecule has 25 heavy (non-hydrogen) atoms. The molecule has 1 aliphatic rings. The maximum absolute atomic E-state index is 12.2. The van der Waals surface area contributed by atoms with E-state index < -0.39 is 5.66 Å². The van der Waals surface area contributed by atoms with E-state index in [0.717, 1.165) is 22.0 Å². The van der Waals surface area contributed by atoms with Gasteiger partial charge in [-0.05, 0) is 32.9 Å². The molecule has 5 heteroatoms. The van der Waals surface area contributed by atoms with Crippen molar-refractivity contribution < 1.29 is 4.79 Å². The quantitative estimate of drug-likeness (QED) is 0.893. The van der Waals surface area contributed by atoms with Gasteiger partial charge in [0.25, 0.3) is 0 Å². The van der Waals surface area contributed by atoms with Gasteiger partial charge in [0.15, 0.2) is 0 Å². The molecule has 0 aromatic heterocycles. The van der Waals surface area contributed by atoms with Gasteiger partial charge in [0.05, 0.1) is 11.5 Å². The van der Waals surface area contributed by atoms with Crippen LogP contribution in [0.4, 0.5) is 5.69 Å². The first-order valence-electron chi connectivity index (χ1n) is 8.18. The lowest BCUT2D eigenvalue weighted by Crippen LogP contribution is -2.17. The Labute approximate surface area is 152 Å². The third-order valence-electron chi connectivity index (χ3n) is 3.69. The number of hydrogen-bond donors (Lipinski definition) is 1. The van der Waals surface area contributed by atoms with Crippen LogP contribution in [0.3, 0.4) is 0 Å². The van der Waals surface area contributed by atoms with Crippen LogP contribution >= 0.6 is 11.8 Å². The van der Waals surface area contributed by atoms with Crippen LogP contribution in [0.5, 0.6) is 0 Å². The van der Waals surface area contributed by atoms with E-state index in [9.17, 15) is 4.79 Å². The van der Waals surface area contributed by atoms with Gasteiger partial charge < -0.3 is 5.32 Å². The van der Waals surface area contributed by atoms with E-state index in [-0.39, 0.29) is 5.91 Å². The number of aliphatic imine (C=N–C) groups is 2. The van der Waals surface area contributed by atoms with Crippen LogP contribution in [-0.2, 0) is 4.79 Å². The van der Waals surface area contributed by atoms with Gasteiger partial charge in [-0.1, -0.05) is 59.8 Å². The van der Waals surface area contributed by atoms with Gasteiger partial charge in [-0.3, -0.25) is 9.79 Å². The van der Waals surface area contributed by atoms with Crippen LogP contribution in [0.25, 0.3) is 0 Å². The molecule has 2 aromatic rings. The summed E-state index contributed by atoms with van der Waals surface area (Å²) in [5.74, 6) is 0.251. The number of thioether (sulfide) groups is 1. The van der Waals surface area contributed by atoms with Crippen LogP contribution in [0.2, 0.25) is 0 Å². The van der Waals surface area contributed by atoms with Crippen molar-refractivity contribution in [1.82, 2.24) is 0 Å². The van der Waals surface area contributed by atoms with E-state index in [1.807, 2.05) is 44.2 Å². The lowest BCUT2D eigenvalue weighted by Gasteiger charge is -2.07. The largest absolute Gasteiger partial charge is 0.325 e. The molecule has 0 bridgehead atoms. The highest BCUT2D eigenvalue weighted by atomic mass is 32.2. The molecule has 0 atom stereocenters. The van der Waals surface area contributed by atoms with Crippen molar-refractivity contribution in [2.75, 3.05) is 11.1 Å². The van der Waals surface area contributed by atoms with Gasteiger partial charge in [-0.15, -0.1) is 0 Å². The highest BCUT2D eigenvalue weighted by Crippen LogP contribution is 2.27. The van der Waals surface area contributed by atoms with Crippen LogP contribution in [0.1, 0.15) is 25.0 Å². The summed E-state index contributed by atoms with van der Waals surface area (Å²) in [6.45, 7) is 6.00. The molecule has 0 saturated carbocycles. The maximum Gasteiger partial charge on any atom is 0.234 e. The fourth-order valence-corrected chi connectivity index (χ4v) is 3.43. The summed E-state index contributed by atoms with van der Waals surface area (Å²) < 4.78 is 0. The van der Waals surface area contributed by atoms with Crippen LogP contribution in [-0.4, -0.2) is 28.1 Å². The molecule has 1 aliphatic heterocycles. The number of nitrogens with zero attached hydrogens (tertiary/aromatic N) is 2. The molecule has 0 saturated heterocycles. The van der Waals surface area contributed by atoms with Crippen molar-refractivity contribution >= 4 is 34.1 Å². The summed E-state index contributed by atoms with van der Waals surface area (Å²) >= 11 is 1.43. The van der Waals surface area contributed by atoms with Crippen molar-refractivity contribution in [3.63, 3.8) is 0 Å². The van der Waals surface area contributed by atoms with E-state index in [0.29, 0.717) is 5.75 Å². The Bertz CT molecular complexity index is 824. The number of para-hydroxylation sites is 1. The Kier molecular flexibility index (Phi) is 5.04. The Morgan fingerprint density at radius 3 is 2.40 bits per heavy atom. The minimum absolute atomic E-state index is 0.0492. The third kappa shape index (κ3) is 4.57. The number of aryl methyl sites for hydroxylation is 1. The van der Waals surface area contributed by atoms with Gasteiger partial charge in [-0.2, -0.15) is 0 Å². The zero-order chi connectivity index (χ0) is 17.9. The maximum atomic E-state index is 12.2. The number of rotatable bonds is 4. The van der Waals surface area contributed by atoms with Crippen molar-refractivity contribution in [2.24, 2.45) is 9.98 Å². The van der Waals surface area contributed by atoms with Gasteiger partial charge in [0, 0.05) is 11.3 Å². The van der Waals surface area contributed by atoms with Crippen molar-refractivity contribution in [3.05, 3.63) is 65.7 Å². The fraction of sp³-hybridized carbons (Fsp3) is 0.250. The number of nitrogens with one attached hydrogen (secondary N) is 1. The zero-order valence-corrected chi connectivity index (χ0v) is 15.4. The average Bonchev–Trinajstić information content (AvgIpc) is 2.89. The van der Waals surface area contributed by atoms with Gasteiger partial charge in [0.1, 0.15) is 10.7 Å². The molecule has 0 spiro atoms. The first-order valence-corrected chi connectivity index (χ1v) is 9.16. The van der Waals surface area contributed by atoms with Gasteiger partial charge in [0.2, 0.25) is 5.91 Å². The number of anilines is 1. The Balaban J connectivity index is 1.69. The number of amides is 1. The molecule has 0 radical (unpaired) electrons. The second kappa shape index (κ2) is 7.23. The smallest absolute Gasteiger partial charge is 0.234 e.